The molecule has 0 unspecified atom stereocenters. The molecule has 19 heavy (non-hydrogen) atoms. The van der Waals surface area contributed by atoms with E-state index in [-0.39, 0.29) is 12.2 Å². The van der Waals surface area contributed by atoms with E-state index in [1.807, 2.05) is 0 Å². The second kappa shape index (κ2) is 5.76. The number of nitrogens with two attached hydrogens (primary N) is 1. The van der Waals surface area contributed by atoms with Crippen LogP contribution in [0.5, 0.6) is 0 Å². The molecule has 7 nitrogen and oxygen atoms in total. The average molecular weight is 289 g/mol. The highest BCUT2D eigenvalue weighted by atomic mass is 32.2. The summed E-state index contributed by atoms with van der Waals surface area (Å²) in [5.41, 5.74) is -0.0700. The van der Waals surface area contributed by atoms with Crippen LogP contribution in [0.2, 0.25) is 0 Å². The van der Waals surface area contributed by atoms with Crippen LogP contribution in [-0.4, -0.2) is 26.8 Å². The van der Waals surface area contributed by atoms with Crippen molar-refractivity contribution in [3.8, 4) is 0 Å². The molecule has 0 aromatic heterocycles. The Hall–Kier alpha value is -2.00. The summed E-state index contributed by atoms with van der Waals surface area (Å²) < 4.78 is 35.3. The SMILES string of the molecule is CC(=O)NCC(=O)Nc1cc(F)cc(S(N)(=O)=O)c1. The van der Waals surface area contributed by atoms with E-state index in [4.69, 9.17) is 5.14 Å². The summed E-state index contributed by atoms with van der Waals surface area (Å²) in [5, 5.41) is 9.33. The van der Waals surface area contributed by atoms with Gasteiger partial charge in [-0.25, -0.2) is 17.9 Å². The van der Waals surface area contributed by atoms with Crippen molar-refractivity contribution in [1.29, 1.82) is 0 Å². The van der Waals surface area contributed by atoms with Crippen molar-refractivity contribution in [2.24, 2.45) is 5.14 Å². The summed E-state index contributed by atoms with van der Waals surface area (Å²) >= 11 is 0. The summed E-state index contributed by atoms with van der Waals surface area (Å²) in [6.07, 6.45) is 0. The van der Waals surface area contributed by atoms with E-state index in [1.165, 1.54) is 6.92 Å². The van der Waals surface area contributed by atoms with Crippen LogP contribution in [0.25, 0.3) is 0 Å². The molecule has 1 rings (SSSR count). The van der Waals surface area contributed by atoms with Gasteiger partial charge in [0, 0.05) is 12.6 Å². The molecule has 1 aromatic rings. The molecule has 0 saturated carbocycles. The Labute approximate surface area is 109 Å². The molecule has 4 N–H and O–H groups in total. The minimum Gasteiger partial charge on any atom is -0.347 e. The van der Waals surface area contributed by atoms with Crippen LogP contribution in [0, 0.1) is 5.82 Å². The molecule has 2 amide bonds. The van der Waals surface area contributed by atoms with Crippen LogP contribution in [0.3, 0.4) is 0 Å². The highest BCUT2D eigenvalue weighted by Gasteiger charge is 2.12. The predicted molar refractivity (Wildman–Crippen MR) is 65.1 cm³/mol. The summed E-state index contributed by atoms with van der Waals surface area (Å²) in [6.45, 7) is 0.922. The first-order valence-corrected chi connectivity index (χ1v) is 6.61. The number of carbonyl (C=O) groups is 2. The van der Waals surface area contributed by atoms with Crippen LogP contribution in [0.4, 0.5) is 10.1 Å². The van der Waals surface area contributed by atoms with Gasteiger partial charge in [0.05, 0.1) is 11.4 Å². The molecule has 0 radical (unpaired) electrons. The van der Waals surface area contributed by atoms with E-state index in [0.717, 1.165) is 18.2 Å². The summed E-state index contributed by atoms with van der Waals surface area (Å²) in [4.78, 5) is 21.5. The molecule has 0 aliphatic carbocycles. The lowest BCUT2D eigenvalue weighted by Crippen LogP contribution is -2.31. The zero-order valence-corrected chi connectivity index (χ0v) is 10.8. The number of anilines is 1. The molecule has 0 aliphatic rings. The monoisotopic (exact) mass is 289 g/mol. The molecule has 0 heterocycles. The normalized spacial score (nSPS) is 10.9. The number of nitrogens with one attached hydrogen (secondary N) is 2. The topological polar surface area (TPSA) is 118 Å². The number of hydrogen-bond acceptors (Lipinski definition) is 4. The van der Waals surface area contributed by atoms with Crippen LogP contribution in [0.1, 0.15) is 6.92 Å². The Morgan fingerprint density at radius 1 is 1.32 bits per heavy atom. The van der Waals surface area contributed by atoms with Gasteiger partial charge in [-0.3, -0.25) is 9.59 Å². The molecule has 1 aromatic carbocycles. The van der Waals surface area contributed by atoms with Crippen LogP contribution in [0.15, 0.2) is 23.1 Å². The van der Waals surface area contributed by atoms with Crippen molar-refractivity contribution in [1.82, 2.24) is 5.32 Å². The van der Waals surface area contributed by atoms with E-state index in [1.54, 1.807) is 0 Å². The Morgan fingerprint density at radius 3 is 2.47 bits per heavy atom. The van der Waals surface area contributed by atoms with E-state index in [2.05, 4.69) is 10.6 Å². The zero-order valence-electron chi connectivity index (χ0n) is 9.94. The maximum absolute atomic E-state index is 13.2. The number of carbonyl (C=O) groups excluding carboxylic acids is 2. The molecule has 0 atom stereocenters. The molecular formula is C10H12FN3O4S. The molecule has 104 valence electrons. The fourth-order valence-corrected chi connectivity index (χ4v) is 1.78. The average Bonchev–Trinajstić information content (AvgIpc) is 2.24. The van der Waals surface area contributed by atoms with E-state index >= 15 is 0 Å². The number of amides is 2. The summed E-state index contributed by atoms with van der Waals surface area (Å²) in [7, 11) is -4.07. The van der Waals surface area contributed by atoms with Gasteiger partial charge in [0.25, 0.3) is 0 Å². The van der Waals surface area contributed by atoms with Crippen molar-refractivity contribution in [3.05, 3.63) is 24.0 Å². The Morgan fingerprint density at radius 2 is 1.95 bits per heavy atom. The first-order chi connectivity index (χ1) is 8.68. The number of primary sulfonamides is 1. The predicted octanol–water partition coefficient (Wildman–Crippen LogP) is -0.452. The zero-order chi connectivity index (χ0) is 14.6. The standard InChI is InChI=1S/C10H12FN3O4S/c1-6(15)13-5-10(16)14-8-2-7(11)3-9(4-8)19(12,17)18/h2-4H,5H2,1H3,(H,13,15)(H,14,16)(H2,12,17,18). The van der Waals surface area contributed by atoms with E-state index in [9.17, 15) is 22.4 Å². The lowest BCUT2D eigenvalue weighted by molar-refractivity contribution is -0.122. The Balaban J connectivity index is 2.87. The highest BCUT2D eigenvalue weighted by molar-refractivity contribution is 7.89. The van der Waals surface area contributed by atoms with Gasteiger partial charge in [-0.1, -0.05) is 0 Å². The van der Waals surface area contributed by atoms with Gasteiger partial charge in [-0.2, -0.15) is 0 Å². The van der Waals surface area contributed by atoms with Gasteiger partial charge in [0.2, 0.25) is 21.8 Å². The molecule has 0 fully saturated rings. The first-order valence-electron chi connectivity index (χ1n) is 5.06. The van der Waals surface area contributed by atoms with Gasteiger partial charge in [-0.05, 0) is 18.2 Å². The Bertz CT molecular complexity index is 615. The highest BCUT2D eigenvalue weighted by Crippen LogP contribution is 2.17. The molecule has 0 saturated heterocycles. The van der Waals surface area contributed by atoms with Gasteiger partial charge >= 0.3 is 0 Å². The molecule has 9 heteroatoms. The minimum atomic E-state index is -4.07. The van der Waals surface area contributed by atoms with Crippen molar-refractivity contribution in [2.75, 3.05) is 11.9 Å². The molecule has 0 aliphatic heterocycles. The fourth-order valence-electron chi connectivity index (χ4n) is 1.21. The summed E-state index contributed by atoms with van der Waals surface area (Å²) in [6, 6.07) is 2.68. The third-order valence-electron chi connectivity index (χ3n) is 1.98. The van der Waals surface area contributed by atoms with Crippen LogP contribution < -0.4 is 15.8 Å². The smallest absolute Gasteiger partial charge is 0.243 e. The Kier molecular flexibility index (Phi) is 4.57. The van der Waals surface area contributed by atoms with Gasteiger partial charge in [0.1, 0.15) is 5.82 Å². The fraction of sp³-hybridized carbons (Fsp3) is 0.200. The number of hydrogen-bond donors (Lipinski definition) is 3. The number of halogens is 1. The molecular weight excluding hydrogens is 277 g/mol. The van der Waals surface area contributed by atoms with Crippen molar-refractivity contribution < 1.29 is 22.4 Å². The third kappa shape index (κ3) is 5.02. The van der Waals surface area contributed by atoms with E-state index < -0.39 is 32.6 Å². The first kappa shape index (κ1) is 15.1. The second-order valence-corrected chi connectivity index (χ2v) is 5.24. The van der Waals surface area contributed by atoms with E-state index in [0.29, 0.717) is 0 Å². The maximum Gasteiger partial charge on any atom is 0.243 e. The van der Waals surface area contributed by atoms with Gasteiger partial charge in [-0.15, -0.1) is 0 Å². The number of sulfonamides is 1. The van der Waals surface area contributed by atoms with Gasteiger partial charge in [0.15, 0.2) is 0 Å². The second-order valence-electron chi connectivity index (χ2n) is 3.68. The van der Waals surface area contributed by atoms with Crippen molar-refractivity contribution >= 4 is 27.5 Å². The van der Waals surface area contributed by atoms with Crippen molar-refractivity contribution in [3.63, 3.8) is 0 Å². The molecule has 0 bridgehead atoms. The third-order valence-corrected chi connectivity index (χ3v) is 2.87. The largest absolute Gasteiger partial charge is 0.347 e. The van der Waals surface area contributed by atoms with Crippen LogP contribution in [-0.2, 0) is 19.6 Å². The lowest BCUT2D eigenvalue weighted by Gasteiger charge is -2.07. The van der Waals surface area contributed by atoms with Gasteiger partial charge < -0.3 is 10.6 Å². The summed E-state index contributed by atoms with van der Waals surface area (Å²) in [5.74, 6) is -1.89. The quantitative estimate of drug-likeness (QED) is 0.695. The maximum atomic E-state index is 13.2. The lowest BCUT2D eigenvalue weighted by atomic mass is 10.3. The van der Waals surface area contributed by atoms with Crippen LogP contribution >= 0.6 is 0 Å². The minimum absolute atomic E-state index is 0.0700. The number of benzene rings is 1. The number of rotatable bonds is 4. The van der Waals surface area contributed by atoms with Crippen molar-refractivity contribution in [2.45, 2.75) is 11.8 Å². The molecule has 0 spiro atoms.